The first-order chi connectivity index (χ1) is 3.56. The average Bonchev–Trinajstić information content (AvgIpc) is 1.59. The van der Waals surface area contributed by atoms with Crippen LogP contribution in [-0.2, 0) is 10.1 Å². The van der Waals surface area contributed by atoms with Gasteiger partial charge in [0.15, 0.2) is 0 Å². The second-order valence-electron chi connectivity index (χ2n) is 1.22. The highest BCUT2D eigenvalue weighted by atomic mass is 32.2. The molecule has 0 fully saturated rings. The van der Waals surface area contributed by atoms with E-state index in [2.05, 4.69) is 5.32 Å². The normalized spacial score (nSPS) is 11.8. The number of hydrogen-bond donors (Lipinski definition) is 2. The highest BCUT2D eigenvalue weighted by molar-refractivity contribution is 7.85. The Morgan fingerprint density at radius 3 is 2.38 bits per heavy atom. The van der Waals surface area contributed by atoms with Gasteiger partial charge >= 0.3 is 0 Å². The topological polar surface area (TPSA) is 66.4 Å². The summed E-state index contributed by atoms with van der Waals surface area (Å²) in [6.45, 7) is 3.07. The zero-order valence-corrected chi connectivity index (χ0v) is 5.27. The van der Waals surface area contributed by atoms with Gasteiger partial charge in [0.05, 0.1) is 0 Å². The van der Waals surface area contributed by atoms with Crippen LogP contribution in [0.1, 0.15) is 6.92 Å². The molecule has 0 saturated heterocycles. The summed E-state index contributed by atoms with van der Waals surface area (Å²) in [7, 11) is -3.83. The van der Waals surface area contributed by atoms with Gasteiger partial charge in [-0.05, 0) is 6.92 Å². The molecular formula is C3H8NO3S. The Balaban J connectivity index is 3.42. The molecule has 49 valence electrons. The highest BCUT2D eigenvalue weighted by Gasteiger charge is 1.99. The Labute approximate surface area is 48.6 Å². The van der Waals surface area contributed by atoms with E-state index in [1.165, 1.54) is 6.54 Å². The number of nitrogens with one attached hydrogen (secondary N) is 1. The van der Waals surface area contributed by atoms with Crippen LogP contribution in [-0.4, -0.2) is 18.8 Å². The van der Waals surface area contributed by atoms with Crippen LogP contribution in [0.15, 0.2) is 0 Å². The molecule has 0 aliphatic carbocycles. The van der Waals surface area contributed by atoms with Crippen LogP contribution in [0, 0.1) is 6.54 Å². The Morgan fingerprint density at radius 1 is 1.75 bits per heavy atom. The van der Waals surface area contributed by atoms with Gasteiger partial charge in [-0.15, -0.1) is 0 Å². The second-order valence-corrected chi connectivity index (χ2v) is 2.67. The van der Waals surface area contributed by atoms with E-state index in [4.69, 9.17) is 4.55 Å². The summed E-state index contributed by atoms with van der Waals surface area (Å²) >= 11 is 0. The lowest BCUT2D eigenvalue weighted by Gasteiger charge is -1.93. The van der Waals surface area contributed by atoms with Crippen LogP contribution < -0.4 is 5.32 Å². The van der Waals surface area contributed by atoms with Gasteiger partial charge in [-0.25, -0.2) is 0 Å². The molecule has 0 amide bonds. The average molecular weight is 138 g/mol. The van der Waals surface area contributed by atoms with Crippen LogP contribution in [0.5, 0.6) is 0 Å². The van der Waals surface area contributed by atoms with Crippen LogP contribution in [0.2, 0.25) is 0 Å². The molecular weight excluding hydrogens is 130 g/mol. The Morgan fingerprint density at radius 2 is 2.25 bits per heavy atom. The van der Waals surface area contributed by atoms with Crippen LogP contribution in [0.25, 0.3) is 0 Å². The third-order valence-corrected chi connectivity index (χ3v) is 1.00. The molecule has 0 saturated carbocycles. The molecule has 0 atom stereocenters. The largest absolute Gasteiger partial charge is 0.298 e. The maximum absolute atomic E-state index is 9.86. The van der Waals surface area contributed by atoms with Crippen LogP contribution in [0.3, 0.4) is 0 Å². The van der Waals surface area contributed by atoms with Gasteiger partial charge in [0, 0.05) is 6.54 Å². The molecule has 0 unspecified atom stereocenters. The van der Waals surface area contributed by atoms with E-state index in [1.807, 2.05) is 0 Å². The summed E-state index contributed by atoms with van der Waals surface area (Å²) in [6.07, 6.45) is 0. The fourth-order valence-electron chi connectivity index (χ4n) is 0.189. The number of rotatable bonds is 3. The lowest BCUT2D eigenvalue weighted by atomic mass is 10.8. The van der Waals surface area contributed by atoms with E-state index < -0.39 is 16.0 Å². The molecule has 0 aromatic rings. The van der Waals surface area contributed by atoms with E-state index in [9.17, 15) is 8.42 Å². The molecule has 0 rings (SSSR count). The highest BCUT2D eigenvalue weighted by Crippen LogP contribution is 1.75. The van der Waals surface area contributed by atoms with Crippen molar-refractivity contribution < 1.29 is 13.0 Å². The van der Waals surface area contributed by atoms with Crippen molar-refractivity contribution in [3.05, 3.63) is 6.54 Å². The Kier molecular flexibility index (Phi) is 2.96. The van der Waals surface area contributed by atoms with Crippen molar-refractivity contribution in [2.45, 2.75) is 6.92 Å². The molecule has 5 heteroatoms. The quantitative estimate of drug-likeness (QED) is 0.521. The third kappa shape index (κ3) is 5.87. The summed E-state index contributed by atoms with van der Waals surface area (Å²) in [5.41, 5.74) is 0. The molecule has 8 heavy (non-hydrogen) atoms. The summed E-state index contributed by atoms with van der Waals surface area (Å²) in [5, 5.41) is 2.33. The van der Waals surface area contributed by atoms with Gasteiger partial charge < -0.3 is 0 Å². The lowest BCUT2D eigenvalue weighted by molar-refractivity contribution is 0.479. The lowest BCUT2D eigenvalue weighted by Crippen LogP contribution is -2.18. The van der Waals surface area contributed by atoms with E-state index in [0.717, 1.165) is 0 Å². The zero-order valence-electron chi connectivity index (χ0n) is 4.46. The summed E-state index contributed by atoms with van der Waals surface area (Å²) in [5.74, 6) is -0.413. The summed E-state index contributed by atoms with van der Waals surface area (Å²) < 4.78 is 27.8. The molecule has 0 aromatic heterocycles. The van der Waals surface area contributed by atoms with Gasteiger partial charge in [0.25, 0.3) is 10.1 Å². The first-order valence-corrected chi connectivity index (χ1v) is 3.63. The van der Waals surface area contributed by atoms with Gasteiger partial charge in [0.2, 0.25) is 0 Å². The van der Waals surface area contributed by atoms with Gasteiger partial charge in [-0.3, -0.25) is 9.87 Å². The first kappa shape index (κ1) is 7.87. The molecule has 0 spiro atoms. The predicted molar refractivity (Wildman–Crippen MR) is 29.5 cm³/mol. The molecule has 0 aliphatic heterocycles. The third-order valence-electron chi connectivity index (χ3n) is 0.470. The van der Waals surface area contributed by atoms with Gasteiger partial charge in [-0.1, -0.05) is 0 Å². The summed E-state index contributed by atoms with van der Waals surface area (Å²) in [4.78, 5) is 0. The number of hydrogen-bond acceptors (Lipinski definition) is 3. The Bertz CT molecular complexity index is 139. The Hall–Kier alpha value is -0.130. The molecule has 0 aliphatic rings. The fraction of sp³-hybridized carbons (Fsp3) is 0.667. The van der Waals surface area contributed by atoms with E-state index in [1.54, 1.807) is 6.92 Å². The van der Waals surface area contributed by atoms with Crippen LogP contribution >= 0.6 is 0 Å². The van der Waals surface area contributed by atoms with Crippen molar-refractivity contribution in [3.8, 4) is 0 Å². The maximum atomic E-state index is 9.86. The van der Waals surface area contributed by atoms with E-state index in [-0.39, 0.29) is 0 Å². The molecule has 2 N–H and O–H groups in total. The monoisotopic (exact) mass is 138 g/mol. The minimum atomic E-state index is -3.83. The summed E-state index contributed by atoms with van der Waals surface area (Å²) in [6, 6.07) is 0. The molecule has 4 nitrogen and oxygen atoms in total. The zero-order chi connectivity index (χ0) is 6.62. The smallest absolute Gasteiger partial charge is 0.278 e. The van der Waals surface area contributed by atoms with Gasteiger partial charge in [-0.2, -0.15) is 8.42 Å². The van der Waals surface area contributed by atoms with Crippen molar-refractivity contribution in [1.82, 2.24) is 5.32 Å². The van der Waals surface area contributed by atoms with Crippen molar-refractivity contribution >= 4 is 10.1 Å². The minimum absolute atomic E-state index is 0.413. The minimum Gasteiger partial charge on any atom is -0.298 e. The SMILES string of the molecule is C[CH]NCS(=O)(=O)O. The van der Waals surface area contributed by atoms with Crippen molar-refractivity contribution in [1.29, 1.82) is 0 Å². The molecule has 1 radical (unpaired) electrons. The fourth-order valence-corrected chi connectivity index (χ4v) is 0.566. The van der Waals surface area contributed by atoms with Gasteiger partial charge in [0.1, 0.15) is 5.88 Å². The van der Waals surface area contributed by atoms with E-state index >= 15 is 0 Å². The van der Waals surface area contributed by atoms with Crippen molar-refractivity contribution in [3.63, 3.8) is 0 Å². The predicted octanol–water partition coefficient (Wildman–Crippen LogP) is -0.397. The maximum Gasteiger partial charge on any atom is 0.278 e. The molecule has 0 bridgehead atoms. The molecule has 0 aromatic carbocycles. The van der Waals surface area contributed by atoms with Crippen molar-refractivity contribution in [2.24, 2.45) is 0 Å². The molecule has 0 heterocycles. The van der Waals surface area contributed by atoms with Crippen molar-refractivity contribution in [2.75, 3.05) is 5.88 Å². The van der Waals surface area contributed by atoms with Crippen LogP contribution in [0.4, 0.5) is 0 Å². The second kappa shape index (κ2) is 3.01. The standard InChI is InChI=1S/C3H8NO3S/c1-2-4-3-8(5,6)7/h2,4H,3H2,1H3,(H,5,6,7). The first-order valence-electron chi connectivity index (χ1n) is 2.02. The van der Waals surface area contributed by atoms with E-state index in [0.29, 0.717) is 0 Å².